The van der Waals surface area contributed by atoms with Crippen molar-refractivity contribution in [2.45, 2.75) is 25.8 Å². The number of nitrogens with zero attached hydrogens (tertiary/aromatic N) is 3. The lowest BCUT2D eigenvalue weighted by Gasteiger charge is -2.44. The van der Waals surface area contributed by atoms with Crippen LogP contribution in [0.5, 0.6) is 0 Å². The Hall–Kier alpha value is -3.07. The van der Waals surface area contributed by atoms with Crippen LogP contribution in [0.3, 0.4) is 0 Å². The summed E-state index contributed by atoms with van der Waals surface area (Å²) >= 11 is 0. The predicted molar refractivity (Wildman–Crippen MR) is 97.1 cm³/mol. The molecule has 0 radical (unpaired) electrons. The second-order valence-electron chi connectivity index (χ2n) is 7.31. The first-order chi connectivity index (χ1) is 12.5. The second-order valence-corrected chi connectivity index (χ2v) is 7.31. The van der Waals surface area contributed by atoms with Crippen molar-refractivity contribution in [3.63, 3.8) is 0 Å². The number of quaternary nitrogens is 1. The van der Waals surface area contributed by atoms with Gasteiger partial charge >= 0.3 is 0 Å². The molecular formula is C21H22N5+. The Morgan fingerprint density at radius 3 is 2.35 bits per heavy atom. The Morgan fingerprint density at radius 2 is 1.81 bits per heavy atom. The number of hydrogen-bond donors (Lipinski definition) is 2. The molecule has 1 heterocycles. The zero-order chi connectivity index (χ0) is 18.9. The zero-order valence-electron chi connectivity index (χ0n) is 15.0. The minimum absolute atomic E-state index is 0.0920. The van der Waals surface area contributed by atoms with Gasteiger partial charge in [-0.2, -0.15) is 15.8 Å². The fourth-order valence-corrected chi connectivity index (χ4v) is 4.30. The molecular weight excluding hydrogens is 322 g/mol. The van der Waals surface area contributed by atoms with E-state index in [1.54, 1.807) is 0 Å². The van der Waals surface area contributed by atoms with Gasteiger partial charge in [-0.1, -0.05) is 30.3 Å². The SMILES string of the molecule is CC(C)[NH+]1CC=C2C(C#N)=C(N)C(C#N)(C#N)C(c3ccccc3)C2C1. The maximum Gasteiger partial charge on any atom is 0.191 e. The Bertz CT molecular complexity index is 875. The van der Waals surface area contributed by atoms with Crippen LogP contribution < -0.4 is 10.6 Å². The molecule has 0 bridgehead atoms. The van der Waals surface area contributed by atoms with Crippen LogP contribution in [0.25, 0.3) is 0 Å². The molecule has 5 heteroatoms. The molecule has 1 aliphatic heterocycles. The smallest absolute Gasteiger partial charge is 0.191 e. The molecule has 0 spiro atoms. The zero-order valence-corrected chi connectivity index (χ0v) is 15.0. The Kier molecular flexibility index (Phi) is 4.56. The molecule has 2 aliphatic rings. The number of fused-ring (bicyclic) bond motifs is 1. The van der Waals surface area contributed by atoms with Crippen molar-refractivity contribution >= 4 is 0 Å². The molecule has 0 saturated carbocycles. The highest BCUT2D eigenvalue weighted by Gasteiger charge is 2.55. The van der Waals surface area contributed by atoms with Gasteiger partial charge in [0.05, 0.1) is 42.5 Å². The number of nitriles is 3. The largest absolute Gasteiger partial charge is 0.399 e. The van der Waals surface area contributed by atoms with Crippen molar-refractivity contribution in [3.8, 4) is 18.2 Å². The van der Waals surface area contributed by atoms with E-state index in [1.165, 1.54) is 4.90 Å². The molecule has 0 fully saturated rings. The van der Waals surface area contributed by atoms with E-state index in [4.69, 9.17) is 5.73 Å². The highest BCUT2D eigenvalue weighted by atomic mass is 15.2. The molecule has 5 nitrogen and oxygen atoms in total. The third-order valence-corrected chi connectivity index (χ3v) is 5.76. The van der Waals surface area contributed by atoms with Crippen molar-refractivity contribution in [1.29, 1.82) is 15.8 Å². The quantitative estimate of drug-likeness (QED) is 0.846. The molecule has 0 saturated heterocycles. The Labute approximate surface area is 154 Å². The standard InChI is InChI=1S/C21H21N5/c1-14(2)26-9-8-16-17(10-22)20(25)21(12-23,13-24)19(18(16)11-26)15-6-4-3-5-7-15/h3-8,14,18-19H,9,11,25H2,1-2H3/p+1. The van der Waals surface area contributed by atoms with E-state index in [1.807, 2.05) is 30.3 Å². The molecule has 0 amide bonds. The average molecular weight is 344 g/mol. The van der Waals surface area contributed by atoms with Gasteiger partial charge < -0.3 is 10.6 Å². The minimum Gasteiger partial charge on any atom is -0.399 e. The van der Waals surface area contributed by atoms with Crippen LogP contribution in [0, 0.1) is 45.3 Å². The molecule has 3 rings (SSSR count). The summed E-state index contributed by atoms with van der Waals surface area (Å²) < 4.78 is 0. The molecule has 26 heavy (non-hydrogen) atoms. The molecule has 0 aromatic heterocycles. The normalized spacial score (nSPS) is 26.9. The lowest BCUT2D eigenvalue weighted by atomic mass is 9.58. The van der Waals surface area contributed by atoms with Gasteiger partial charge in [-0.15, -0.1) is 0 Å². The van der Waals surface area contributed by atoms with Crippen LogP contribution >= 0.6 is 0 Å². The predicted octanol–water partition coefficient (Wildman–Crippen LogP) is 1.40. The van der Waals surface area contributed by atoms with Crippen LogP contribution in [0.2, 0.25) is 0 Å². The molecule has 1 aliphatic carbocycles. The molecule has 3 N–H and O–H groups in total. The van der Waals surface area contributed by atoms with Gasteiger partial charge in [0.25, 0.3) is 0 Å². The summed E-state index contributed by atoms with van der Waals surface area (Å²) in [7, 11) is 0. The lowest BCUT2D eigenvalue weighted by molar-refractivity contribution is -0.920. The fourth-order valence-electron chi connectivity index (χ4n) is 4.30. The summed E-state index contributed by atoms with van der Waals surface area (Å²) in [5.74, 6) is -0.485. The van der Waals surface area contributed by atoms with E-state index in [2.05, 4.69) is 38.1 Å². The Balaban J connectivity index is 2.29. The van der Waals surface area contributed by atoms with Crippen LogP contribution in [-0.2, 0) is 0 Å². The highest BCUT2D eigenvalue weighted by molar-refractivity contribution is 5.59. The number of allylic oxidation sites excluding steroid dienone is 2. The van der Waals surface area contributed by atoms with Crippen LogP contribution in [0.15, 0.2) is 53.3 Å². The van der Waals surface area contributed by atoms with Crippen LogP contribution in [0.1, 0.15) is 25.3 Å². The van der Waals surface area contributed by atoms with E-state index < -0.39 is 11.3 Å². The second kappa shape index (κ2) is 6.68. The van der Waals surface area contributed by atoms with Crippen molar-refractivity contribution in [1.82, 2.24) is 0 Å². The highest BCUT2D eigenvalue weighted by Crippen LogP contribution is 2.53. The first-order valence-corrected chi connectivity index (χ1v) is 8.83. The third-order valence-electron chi connectivity index (χ3n) is 5.76. The van der Waals surface area contributed by atoms with E-state index in [0.717, 1.165) is 24.2 Å². The summed E-state index contributed by atoms with van der Waals surface area (Å²) in [6.07, 6.45) is 2.07. The average Bonchev–Trinajstić information content (AvgIpc) is 2.67. The summed E-state index contributed by atoms with van der Waals surface area (Å²) in [5.41, 5.74) is 6.96. The summed E-state index contributed by atoms with van der Waals surface area (Å²) in [5, 5.41) is 29.7. The van der Waals surface area contributed by atoms with Gasteiger partial charge in [-0.25, -0.2) is 0 Å². The first kappa shape index (κ1) is 17.7. The molecule has 3 atom stereocenters. The fraction of sp³-hybridized carbons (Fsp3) is 0.381. The monoisotopic (exact) mass is 344 g/mol. The summed E-state index contributed by atoms with van der Waals surface area (Å²) in [6, 6.07) is 16.6. The van der Waals surface area contributed by atoms with Gasteiger partial charge in [0.1, 0.15) is 6.07 Å². The van der Waals surface area contributed by atoms with Crippen LogP contribution in [-0.4, -0.2) is 19.1 Å². The minimum atomic E-state index is -1.53. The van der Waals surface area contributed by atoms with E-state index in [9.17, 15) is 15.8 Å². The Morgan fingerprint density at radius 1 is 1.15 bits per heavy atom. The van der Waals surface area contributed by atoms with Gasteiger partial charge in [0, 0.05) is 11.8 Å². The maximum absolute atomic E-state index is 10.0. The number of benzene rings is 1. The van der Waals surface area contributed by atoms with Crippen molar-refractivity contribution in [3.05, 3.63) is 58.8 Å². The van der Waals surface area contributed by atoms with Gasteiger partial charge in [0.2, 0.25) is 0 Å². The van der Waals surface area contributed by atoms with Gasteiger partial charge in [0.15, 0.2) is 5.41 Å². The van der Waals surface area contributed by atoms with E-state index >= 15 is 0 Å². The molecule has 1 aromatic carbocycles. The van der Waals surface area contributed by atoms with E-state index in [0.29, 0.717) is 11.6 Å². The molecule has 1 aromatic rings. The molecule has 130 valence electrons. The maximum atomic E-state index is 10.0. The van der Waals surface area contributed by atoms with E-state index in [-0.39, 0.29) is 11.6 Å². The van der Waals surface area contributed by atoms with Crippen molar-refractivity contribution in [2.75, 3.05) is 13.1 Å². The van der Waals surface area contributed by atoms with Gasteiger partial charge in [-0.3, -0.25) is 0 Å². The lowest BCUT2D eigenvalue weighted by Crippen LogP contribution is -3.16. The molecule has 3 unspecified atom stereocenters. The number of nitrogens with two attached hydrogens (primary N) is 1. The number of nitrogens with one attached hydrogen (secondary N) is 1. The van der Waals surface area contributed by atoms with Crippen LogP contribution in [0.4, 0.5) is 0 Å². The number of hydrogen-bond acceptors (Lipinski definition) is 4. The van der Waals surface area contributed by atoms with Crippen molar-refractivity contribution < 1.29 is 4.90 Å². The summed E-state index contributed by atoms with van der Waals surface area (Å²) in [4.78, 5) is 1.38. The first-order valence-electron chi connectivity index (χ1n) is 8.83. The topological polar surface area (TPSA) is 102 Å². The van der Waals surface area contributed by atoms with Crippen molar-refractivity contribution in [2.24, 2.45) is 17.1 Å². The number of rotatable bonds is 2. The third kappa shape index (κ3) is 2.48. The van der Waals surface area contributed by atoms with Gasteiger partial charge in [-0.05, 0) is 31.1 Å². The summed E-state index contributed by atoms with van der Waals surface area (Å²) in [6.45, 7) is 5.90.